The van der Waals surface area contributed by atoms with E-state index < -0.39 is 7.12 Å². The van der Waals surface area contributed by atoms with Crippen LogP contribution < -0.4 is 5.46 Å². The van der Waals surface area contributed by atoms with E-state index in [1.165, 1.54) is 12.4 Å². The molecule has 1 aromatic rings. The average molecular weight is 153 g/mol. The van der Waals surface area contributed by atoms with Crippen LogP contribution in [0, 0.1) is 0 Å². The predicted molar refractivity (Wildman–Crippen MR) is 45.4 cm³/mol. The summed E-state index contributed by atoms with van der Waals surface area (Å²) in [5.41, 5.74) is 0.463. The first-order chi connectivity index (χ1) is 5.30. The van der Waals surface area contributed by atoms with Crippen LogP contribution >= 0.6 is 0 Å². The molecule has 0 saturated heterocycles. The zero-order chi connectivity index (χ0) is 8.69. The first-order valence-corrected chi connectivity index (χ1v) is 3.57. The predicted octanol–water partition coefficient (Wildman–Crippen LogP) is -0.212. The minimum Gasteiger partial charge on any atom is -0.423 e. The van der Waals surface area contributed by atoms with Gasteiger partial charge in [0.2, 0.25) is 0 Å². The normalized spacial score (nSPS) is 8.00. The lowest BCUT2D eigenvalue weighted by molar-refractivity contribution is 0.425. The van der Waals surface area contributed by atoms with Crippen molar-refractivity contribution in [2.75, 3.05) is 0 Å². The first kappa shape index (κ1) is 10.1. The van der Waals surface area contributed by atoms with Crippen LogP contribution in [0.5, 0.6) is 0 Å². The van der Waals surface area contributed by atoms with Crippen molar-refractivity contribution in [3.8, 4) is 0 Å². The molecule has 60 valence electrons. The van der Waals surface area contributed by atoms with Crippen LogP contribution in [0.3, 0.4) is 0 Å². The van der Waals surface area contributed by atoms with Gasteiger partial charge in [-0.25, -0.2) is 0 Å². The molecule has 0 saturated carbocycles. The highest BCUT2D eigenvalue weighted by molar-refractivity contribution is 6.58. The van der Waals surface area contributed by atoms with Crippen LogP contribution in [-0.4, -0.2) is 22.2 Å². The topological polar surface area (TPSA) is 53.4 Å². The summed E-state index contributed by atoms with van der Waals surface area (Å²) in [6, 6.07) is 3.09. The Balaban J connectivity index is 0.000000461. The fraction of sp³-hybridized carbons (Fsp3) is 0.286. The van der Waals surface area contributed by atoms with Crippen LogP contribution in [0.4, 0.5) is 0 Å². The molecule has 0 unspecified atom stereocenters. The average Bonchev–Trinajstić information content (AvgIpc) is 2.10. The Morgan fingerprint density at radius 1 is 1.18 bits per heavy atom. The number of pyridine rings is 1. The van der Waals surface area contributed by atoms with Gasteiger partial charge in [0.05, 0.1) is 0 Å². The standard InChI is InChI=1S/C5H6BNO2.C2H6/c8-6(9)5-1-3-7-4-2-5;1-2/h1-4,8-9H;1-2H3. The quantitative estimate of drug-likeness (QED) is 0.548. The smallest absolute Gasteiger partial charge is 0.423 e. The summed E-state index contributed by atoms with van der Waals surface area (Å²) >= 11 is 0. The fourth-order valence-electron chi connectivity index (χ4n) is 0.536. The van der Waals surface area contributed by atoms with E-state index in [0.717, 1.165) is 0 Å². The van der Waals surface area contributed by atoms with Gasteiger partial charge in [0.25, 0.3) is 0 Å². The Bertz CT molecular complexity index is 179. The first-order valence-electron chi connectivity index (χ1n) is 3.57. The molecule has 0 bridgehead atoms. The molecule has 0 aliphatic carbocycles. The van der Waals surface area contributed by atoms with Crippen molar-refractivity contribution in [1.29, 1.82) is 0 Å². The monoisotopic (exact) mass is 153 g/mol. The summed E-state index contributed by atoms with van der Waals surface area (Å²) in [6.07, 6.45) is 3.02. The minimum absolute atomic E-state index is 0.463. The summed E-state index contributed by atoms with van der Waals surface area (Å²) in [6.45, 7) is 4.00. The Morgan fingerprint density at radius 2 is 1.64 bits per heavy atom. The number of hydrogen-bond donors (Lipinski definition) is 2. The Labute approximate surface area is 66.9 Å². The highest BCUT2D eigenvalue weighted by Gasteiger charge is 2.07. The van der Waals surface area contributed by atoms with E-state index in [0.29, 0.717) is 5.46 Å². The summed E-state index contributed by atoms with van der Waals surface area (Å²) in [7, 11) is -1.38. The molecule has 0 aliphatic heterocycles. The van der Waals surface area contributed by atoms with Crippen LogP contribution in [-0.2, 0) is 0 Å². The molecule has 1 aromatic heterocycles. The molecule has 1 heterocycles. The Morgan fingerprint density at radius 3 is 1.91 bits per heavy atom. The van der Waals surface area contributed by atoms with Crippen LogP contribution in [0.1, 0.15) is 13.8 Å². The highest BCUT2D eigenvalue weighted by atomic mass is 16.4. The molecule has 0 amide bonds. The van der Waals surface area contributed by atoms with E-state index in [9.17, 15) is 0 Å². The third-order valence-electron chi connectivity index (χ3n) is 1.00. The van der Waals surface area contributed by atoms with Crippen LogP contribution in [0.25, 0.3) is 0 Å². The lowest BCUT2D eigenvalue weighted by Crippen LogP contribution is -2.29. The molecule has 0 spiro atoms. The summed E-state index contributed by atoms with van der Waals surface area (Å²) in [5.74, 6) is 0. The lowest BCUT2D eigenvalue weighted by Gasteiger charge is -1.93. The molecule has 0 aliphatic rings. The van der Waals surface area contributed by atoms with Gasteiger partial charge in [-0.05, 0) is 17.6 Å². The SMILES string of the molecule is CC.OB(O)c1ccncc1. The van der Waals surface area contributed by atoms with E-state index >= 15 is 0 Å². The van der Waals surface area contributed by atoms with Crippen molar-refractivity contribution in [3.05, 3.63) is 24.5 Å². The lowest BCUT2D eigenvalue weighted by atomic mass is 9.81. The highest BCUT2D eigenvalue weighted by Crippen LogP contribution is 1.77. The molecular formula is C7H12BNO2. The van der Waals surface area contributed by atoms with E-state index in [-0.39, 0.29) is 0 Å². The second-order valence-corrected chi connectivity index (χ2v) is 1.65. The van der Waals surface area contributed by atoms with E-state index in [2.05, 4.69) is 4.98 Å². The largest absolute Gasteiger partial charge is 0.488 e. The molecular weight excluding hydrogens is 141 g/mol. The van der Waals surface area contributed by atoms with Gasteiger partial charge in [0.15, 0.2) is 0 Å². The number of hydrogen-bond acceptors (Lipinski definition) is 3. The van der Waals surface area contributed by atoms with Crippen LogP contribution in [0.2, 0.25) is 0 Å². The minimum atomic E-state index is -1.38. The maximum atomic E-state index is 8.55. The van der Waals surface area contributed by atoms with Crippen molar-refractivity contribution in [3.63, 3.8) is 0 Å². The zero-order valence-corrected chi connectivity index (χ0v) is 6.73. The Hall–Kier alpha value is -0.865. The second kappa shape index (κ2) is 5.89. The van der Waals surface area contributed by atoms with Crippen molar-refractivity contribution >= 4 is 12.6 Å². The molecule has 4 heteroatoms. The number of nitrogens with zero attached hydrogens (tertiary/aromatic N) is 1. The molecule has 0 radical (unpaired) electrons. The molecule has 0 aromatic carbocycles. The van der Waals surface area contributed by atoms with Gasteiger partial charge in [-0.1, -0.05) is 13.8 Å². The van der Waals surface area contributed by atoms with Gasteiger partial charge in [0.1, 0.15) is 0 Å². The number of rotatable bonds is 1. The van der Waals surface area contributed by atoms with E-state index in [1.54, 1.807) is 12.1 Å². The van der Waals surface area contributed by atoms with Gasteiger partial charge < -0.3 is 10.0 Å². The van der Waals surface area contributed by atoms with Crippen molar-refractivity contribution in [2.24, 2.45) is 0 Å². The van der Waals surface area contributed by atoms with Crippen molar-refractivity contribution in [2.45, 2.75) is 13.8 Å². The third kappa shape index (κ3) is 3.75. The van der Waals surface area contributed by atoms with Crippen molar-refractivity contribution < 1.29 is 10.0 Å². The summed E-state index contributed by atoms with van der Waals surface area (Å²) in [5, 5.41) is 17.1. The summed E-state index contributed by atoms with van der Waals surface area (Å²) in [4.78, 5) is 3.71. The molecule has 1 rings (SSSR count). The summed E-state index contributed by atoms with van der Waals surface area (Å²) < 4.78 is 0. The second-order valence-electron chi connectivity index (χ2n) is 1.65. The van der Waals surface area contributed by atoms with Crippen LogP contribution in [0.15, 0.2) is 24.5 Å². The maximum absolute atomic E-state index is 8.55. The molecule has 11 heavy (non-hydrogen) atoms. The molecule has 2 N–H and O–H groups in total. The van der Waals surface area contributed by atoms with Gasteiger partial charge >= 0.3 is 7.12 Å². The Kier molecular flexibility index (Phi) is 5.42. The maximum Gasteiger partial charge on any atom is 0.488 e. The fourth-order valence-corrected chi connectivity index (χ4v) is 0.536. The number of aromatic nitrogens is 1. The van der Waals surface area contributed by atoms with E-state index in [4.69, 9.17) is 10.0 Å². The third-order valence-corrected chi connectivity index (χ3v) is 1.00. The zero-order valence-electron chi connectivity index (χ0n) is 6.73. The van der Waals surface area contributed by atoms with Gasteiger partial charge in [-0.15, -0.1) is 0 Å². The van der Waals surface area contributed by atoms with Gasteiger partial charge in [-0.2, -0.15) is 0 Å². The molecule has 3 nitrogen and oxygen atoms in total. The molecule has 0 fully saturated rings. The molecule has 0 atom stereocenters. The van der Waals surface area contributed by atoms with Gasteiger partial charge in [0, 0.05) is 12.4 Å². The van der Waals surface area contributed by atoms with E-state index in [1.807, 2.05) is 13.8 Å². The van der Waals surface area contributed by atoms with Crippen molar-refractivity contribution in [1.82, 2.24) is 4.98 Å². The van der Waals surface area contributed by atoms with Gasteiger partial charge in [-0.3, -0.25) is 4.98 Å².